The van der Waals surface area contributed by atoms with Crippen molar-refractivity contribution in [3.63, 3.8) is 0 Å². The van der Waals surface area contributed by atoms with Crippen LogP contribution in [0.1, 0.15) is 35.5 Å². The molecule has 0 saturated carbocycles. The Morgan fingerprint density at radius 1 is 1.08 bits per heavy atom. The molecule has 2 heterocycles. The summed E-state index contributed by atoms with van der Waals surface area (Å²) in [5.41, 5.74) is 0.955. The first-order chi connectivity index (χ1) is 18.6. The maximum Gasteiger partial charge on any atom is 0.348 e. The Kier molecular flexibility index (Phi) is 7.94. The molecule has 2 aromatic heterocycles. The fourth-order valence-electron chi connectivity index (χ4n) is 4.17. The summed E-state index contributed by atoms with van der Waals surface area (Å²) in [6.45, 7) is 5.57. The van der Waals surface area contributed by atoms with Gasteiger partial charge in [-0.3, -0.25) is 14.6 Å². The van der Waals surface area contributed by atoms with E-state index >= 15 is 0 Å². The average molecular weight is 530 g/mol. The van der Waals surface area contributed by atoms with Gasteiger partial charge in [0.1, 0.15) is 11.3 Å². The number of ether oxygens (including phenoxy) is 1. The smallest absolute Gasteiger partial charge is 0.348 e. The van der Waals surface area contributed by atoms with Crippen LogP contribution in [0.4, 0.5) is 11.7 Å². The van der Waals surface area contributed by atoms with Crippen LogP contribution >= 0.6 is 0 Å². The summed E-state index contributed by atoms with van der Waals surface area (Å²) >= 11 is 0. The van der Waals surface area contributed by atoms with Gasteiger partial charge in [0, 0.05) is 43.2 Å². The van der Waals surface area contributed by atoms with Gasteiger partial charge in [-0.15, -0.1) is 0 Å². The van der Waals surface area contributed by atoms with Crippen molar-refractivity contribution in [3.8, 4) is 5.75 Å². The molecule has 0 aliphatic heterocycles. The summed E-state index contributed by atoms with van der Waals surface area (Å²) in [6, 6.07) is 15.6. The molecule has 202 valence electrons. The van der Waals surface area contributed by atoms with Crippen LogP contribution in [0, 0.1) is 6.92 Å². The SMILES string of the molecule is COc1ccc(C(=O)Nc2ccc3nc(NC(C)(C)C(=O)N(C)CCc4ccccn4)oc(=O)c3c2C)cc1. The van der Waals surface area contributed by atoms with Crippen LogP contribution in [-0.2, 0) is 11.2 Å². The zero-order chi connectivity index (χ0) is 28.2. The summed E-state index contributed by atoms with van der Waals surface area (Å²) < 4.78 is 10.6. The van der Waals surface area contributed by atoms with E-state index in [1.807, 2.05) is 18.2 Å². The Bertz CT molecular complexity index is 1550. The summed E-state index contributed by atoms with van der Waals surface area (Å²) in [5, 5.41) is 6.03. The van der Waals surface area contributed by atoms with Gasteiger partial charge in [-0.1, -0.05) is 6.07 Å². The van der Waals surface area contributed by atoms with Crippen molar-refractivity contribution in [2.75, 3.05) is 31.3 Å². The fourth-order valence-corrected chi connectivity index (χ4v) is 4.17. The lowest BCUT2D eigenvalue weighted by atomic mass is 10.0. The summed E-state index contributed by atoms with van der Waals surface area (Å²) in [5.74, 6) is 0.112. The molecule has 4 rings (SSSR count). The second-order valence-corrected chi connectivity index (χ2v) is 9.67. The summed E-state index contributed by atoms with van der Waals surface area (Å²) in [7, 11) is 3.26. The second-order valence-electron chi connectivity index (χ2n) is 9.67. The molecular formula is C29H31N5O5. The highest BCUT2D eigenvalue weighted by atomic mass is 16.5. The van der Waals surface area contributed by atoms with E-state index in [0.717, 1.165) is 5.69 Å². The number of nitrogens with one attached hydrogen (secondary N) is 2. The number of aryl methyl sites for hydroxylation is 1. The minimum Gasteiger partial charge on any atom is -0.497 e. The summed E-state index contributed by atoms with van der Waals surface area (Å²) in [4.78, 5) is 49.2. The zero-order valence-electron chi connectivity index (χ0n) is 22.6. The topological polar surface area (TPSA) is 127 Å². The van der Waals surface area contributed by atoms with Crippen LogP contribution in [0.5, 0.6) is 5.75 Å². The maximum absolute atomic E-state index is 13.1. The molecule has 0 spiro atoms. The molecule has 2 aromatic carbocycles. The summed E-state index contributed by atoms with van der Waals surface area (Å²) in [6.07, 6.45) is 2.33. The standard InChI is InChI=1S/C29H31N5O5/c1-18-22(31-25(35)19-9-11-21(38-5)12-10-19)13-14-23-24(18)26(36)39-28(32-23)33-29(2,3)27(37)34(4)17-15-20-8-6-7-16-30-20/h6-14,16H,15,17H2,1-5H3,(H,31,35)(H,32,33). The Labute approximate surface area is 226 Å². The average Bonchev–Trinajstić information content (AvgIpc) is 2.93. The van der Waals surface area contributed by atoms with Gasteiger partial charge >= 0.3 is 5.63 Å². The van der Waals surface area contributed by atoms with Crippen LogP contribution in [0.3, 0.4) is 0 Å². The molecule has 39 heavy (non-hydrogen) atoms. The number of pyridine rings is 1. The van der Waals surface area contributed by atoms with Gasteiger partial charge in [-0.25, -0.2) is 4.79 Å². The minimum atomic E-state index is -1.10. The van der Waals surface area contributed by atoms with E-state index in [1.54, 1.807) is 82.4 Å². The fraction of sp³-hybridized carbons (Fsp3) is 0.276. The lowest BCUT2D eigenvalue weighted by Gasteiger charge is -2.30. The molecule has 2 N–H and O–H groups in total. The highest BCUT2D eigenvalue weighted by Gasteiger charge is 2.32. The van der Waals surface area contributed by atoms with E-state index in [0.29, 0.717) is 41.0 Å². The first-order valence-corrected chi connectivity index (χ1v) is 12.4. The maximum atomic E-state index is 13.1. The van der Waals surface area contributed by atoms with Gasteiger partial charge in [0.25, 0.3) is 11.9 Å². The monoisotopic (exact) mass is 529 g/mol. The first-order valence-electron chi connectivity index (χ1n) is 12.4. The van der Waals surface area contributed by atoms with E-state index in [2.05, 4.69) is 20.6 Å². The number of fused-ring (bicyclic) bond motifs is 1. The number of benzene rings is 2. The third-order valence-electron chi connectivity index (χ3n) is 6.39. The van der Waals surface area contributed by atoms with Gasteiger partial charge in [-0.2, -0.15) is 4.98 Å². The molecule has 0 saturated heterocycles. The Morgan fingerprint density at radius 3 is 2.49 bits per heavy atom. The van der Waals surface area contributed by atoms with Crippen molar-refractivity contribution >= 4 is 34.4 Å². The number of hydrogen-bond donors (Lipinski definition) is 2. The highest BCUT2D eigenvalue weighted by molar-refractivity contribution is 6.06. The highest BCUT2D eigenvalue weighted by Crippen LogP contribution is 2.25. The van der Waals surface area contributed by atoms with Crippen molar-refractivity contribution in [2.45, 2.75) is 32.7 Å². The number of hydrogen-bond acceptors (Lipinski definition) is 8. The molecule has 10 nitrogen and oxygen atoms in total. The Morgan fingerprint density at radius 2 is 1.82 bits per heavy atom. The van der Waals surface area contributed by atoms with E-state index in [-0.39, 0.29) is 23.2 Å². The molecule has 0 bridgehead atoms. The molecular weight excluding hydrogens is 498 g/mol. The molecule has 2 amide bonds. The van der Waals surface area contributed by atoms with Crippen LogP contribution in [-0.4, -0.2) is 52.9 Å². The number of carbonyl (C=O) groups is 2. The van der Waals surface area contributed by atoms with Gasteiger partial charge < -0.3 is 24.7 Å². The molecule has 0 atom stereocenters. The van der Waals surface area contributed by atoms with Crippen molar-refractivity contribution in [3.05, 3.63) is 88.0 Å². The Balaban J connectivity index is 1.49. The van der Waals surface area contributed by atoms with Crippen molar-refractivity contribution in [1.29, 1.82) is 0 Å². The van der Waals surface area contributed by atoms with Crippen LogP contribution in [0.15, 0.2) is 70.0 Å². The minimum absolute atomic E-state index is 0.0709. The number of amides is 2. The van der Waals surface area contributed by atoms with Gasteiger partial charge in [-0.05, 0) is 74.9 Å². The number of methoxy groups -OCH3 is 1. The van der Waals surface area contributed by atoms with Gasteiger partial charge in [0.15, 0.2) is 0 Å². The number of nitrogens with zero attached hydrogens (tertiary/aromatic N) is 3. The molecule has 0 radical (unpaired) electrons. The Hall–Kier alpha value is -4.73. The predicted octanol–water partition coefficient (Wildman–Crippen LogP) is 4.04. The molecule has 0 unspecified atom stereocenters. The number of anilines is 2. The largest absolute Gasteiger partial charge is 0.497 e. The molecule has 0 aliphatic carbocycles. The van der Waals surface area contributed by atoms with Crippen LogP contribution in [0.25, 0.3) is 10.9 Å². The number of likely N-dealkylation sites (N-methyl/N-ethyl adjacent to an activating group) is 1. The molecule has 10 heteroatoms. The zero-order valence-corrected chi connectivity index (χ0v) is 22.6. The lowest BCUT2D eigenvalue weighted by molar-refractivity contribution is -0.133. The second kappa shape index (κ2) is 11.3. The van der Waals surface area contributed by atoms with Crippen LogP contribution in [0.2, 0.25) is 0 Å². The van der Waals surface area contributed by atoms with Crippen molar-refractivity contribution in [2.24, 2.45) is 0 Å². The first kappa shape index (κ1) is 27.3. The van der Waals surface area contributed by atoms with E-state index in [1.165, 1.54) is 0 Å². The molecule has 0 fully saturated rings. The van der Waals surface area contributed by atoms with Crippen molar-refractivity contribution < 1.29 is 18.7 Å². The van der Waals surface area contributed by atoms with Gasteiger partial charge in [0.05, 0.1) is 18.0 Å². The number of aromatic nitrogens is 2. The number of rotatable bonds is 9. The van der Waals surface area contributed by atoms with E-state index in [4.69, 9.17) is 9.15 Å². The molecule has 0 aliphatic rings. The quantitative estimate of drug-likeness (QED) is 0.333. The van der Waals surface area contributed by atoms with E-state index in [9.17, 15) is 14.4 Å². The predicted molar refractivity (Wildman–Crippen MR) is 149 cm³/mol. The third kappa shape index (κ3) is 6.23. The van der Waals surface area contributed by atoms with Gasteiger partial charge in [0.2, 0.25) is 5.91 Å². The van der Waals surface area contributed by atoms with E-state index < -0.39 is 11.2 Å². The normalized spacial score (nSPS) is 11.2. The number of carbonyl (C=O) groups excluding carboxylic acids is 2. The van der Waals surface area contributed by atoms with Crippen LogP contribution < -0.4 is 21.0 Å². The lowest BCUT2D eigenvalue weighted by Crippen LogP contribution is -2.49. The molecule has 4 aromatic rings. The third-order valence-corrected chi connectivity index (χ3v) is 6.39. The van der Waals surface area contributed by atoms with Crippen molar-refractivity contribution in [1.82, 2.24) is 14.9 Å².